The Labute approximate surface area is 108 Å². The van der Waals surface area contributed by atoms with Crippen LogP contribution >= 0.6 is 11.8 Å². The summed E-state index contributed by atoms with van der Waals surface area (Å²) in [6.07, 6.45) is 0. The van der Waals surface area contributed by atoms with E-state index in [1.807, 2.05) is 10.1 Å². The Hall–Kier alpha value is -2.42. The Kier molecular flexibility index (Phi) is 3.47. The van der Waals surface area contributed by atoms with Crippen LogP contribution in [0, 0.1) is 5.82 Å². The van der Waals surface area contributed by atoms with E-state index in [4.69, 9.17) is 5.11 Å². The number of aromatic nitrogens is 3. The van der Waals surface area contributed by atoms with E-state index in [2.05, 4.69) is 5.10 Å². The van der Waals surface area contributed by atoms with E-state index >= 15 is 0 Å². The molecule has 1 aromatic carbocycles. The third-order valence-electron chi connectivity index (χ3n) is 2.06. The van der Waals surface area contributed by atoms with Gasteiger partial charge in [0.1, 0.15) is 5.82 Å². The second-order valence-corrected chi connectivity index (χ2v) is 4.42. The molecule has 9 heteroatoms. The highest BCUT2D eigenvalue weighted by Crippen LogP contribution is 2.24. The topological polar surface area (TPSA) is 116 Å². The lowest BCUT2D eigenvalue weighted by atomic mass is 10.2. The molecule has 0 aliphatic rings. The van der Waals surface area contributed by atoms with Crippen LogP contribution in [-0.2, 0) is 0 Å². The number of halogens is 1. The van der Waals surface area contributed by atoms with Gasteiger partial charge in [-0.1, -0.05) is 11.8 Å². The van der Waals surface area contributed by atoms with Gasteiger partial charge in [0.25, 0.3) is 5.56 Å². The van der Waals surface area contributed by atoms with Crippen LogP contribution in [0.1, 0.15) is 10.4 Å². The second kappa shape index (κ2) is 5.06. The lowest BCUT2D eigenvalue weighted by Crippen LogP contribution is -2.24. The maximum absolute atomic E-state index is 13.2. The fourth-order valence-corrected chi connectivity index (χ4v) is 2.02. The van der Waals surface area contributed by atoms with Crippen molar-refractivity contribution in [1.29, 1.82) is 0 Å². The number of rotatable bonds is 3. The van der Waals surface area contributed by atoms with Crippen molar-refractivity contribution < 1.29 is 14.3 Å². The van der Waals surface area contributed by atoms with Crippen LogP contribution in [0.3, 0.4) is 0 Å². The molecule has 0 unspecified atom stereocenters. The molecule has 0 amide bonds. The number of aromatic amines is 2. The summed E-state index contributed by atoms with van der Waals surface area (Å²) in [4.78, 5) is 35.2. The van der Waals surface area contributed by atoms with Gasteiger partial charge in [0.05, 0.1) is 5.56 Å². The SMILES string of the molecule is O=C(O)c1cc(Sc2n[nH]c(=O)[nH]c2=O)ccc1F. The maximum atomic E-state index is 13.2. The van der Waals surface area contributed by atoms with Gasteiger partial charge in [-0.2, -0.15) is 5.10 Å². The molecule has 2 aromatic rings. The first-order valence-electron chi connectivity index (χ1n) is 4.87. The Morgan fingerprint density at radius 2 is 2.11 bits per heavy atom. The highest BCUT2D eigenvalue weighted by Gasteiger charge is 2.12. The van der Waals surface area contributed by atoms with Gasteiger partial charge in [-0.25, -0.2) is 19.1 Å². The Bertz CT molecular complexity index is 755. The molecule has 0 saturated carbocycles. The molecule has 0 bridgehead atoms. The van der Waals surface area contributed by atoms with E-state index in [-0.39, 0.29) is 5.03 Å². The van der Waals surface area contributed by atoms with Crippen molar-refractivity contribution in [3.8, 4) is 0 Å². The quantitative estimate of drug-likeness (QED) is 0.753. The van der Waals surface area contributed by atoms with Crippen molar-refractivity contribution in [3.63, 3.8) is 0 Å². The lowest BCUT2D eigenvalue weighted by Gasteiger charge is -2.02. The van der Waals surface area contributed by atoms with E-state index in [9.17, 15) is 18.8 Å². The summed E-state index contributed by atoms with van der Waals surface area (Å²) in [6.45, 7) is 0. The van der Waals surface area contributed by atoms with Crippen molar-refractivity contribution in [2.75, 3.05) is 0 Å². The van der Waals surface area contributed by atoms with E-state index in [1.54, 1.807) is 0 Å². The normalized spacial score (nSPS) is 10.4. The predicted molar refractivity (Wildman–Crippen MR) is 63.0 cm³/mol. The molecule has 1 aromatic heterocycles. The summed E-state index contributed by atoms with van der Waals surface area (Å²) < 4.78 is 13.2. The van der Waals surface area contributed by atoms with Gasteiger partial charge in [0.15, 0.2) is 5.03 Å². The standard InChI is InChI=1S/C10H6FN3O4S/c11-6-2-1-4(3-5(6)9(16)17)19-8-7(15)12-10(18)14-13-8/h1-3H,(H,16,17)(H2,12,14,15,18). The molecule has 0 radical (unpaired) electrons. The van der Waals surface area contributed by atoms with Crippen LogP contribution < -0.4 is 11.2 Å². The van der Waals surface area contributed by atoms with Gasteiger partial charge in [0.2, 0.25) is 0 Å². The number of hydrogen-bond donors (Lipinski definition) is 3. The molecule has 98 valence electrons. The molecule has 2 rings (SSSR count). The van der Waals surface area contributed by atoms with Crippen LogP contribution in [0.15, 0.2) is 37.7 Å². The summed E-state index contributed by atoms with van der Waals surface area (Å²) >= 11 is 0.808. The molecule has 0 aliphatic heterocycles. The maximum Gasteiger partial charge on any atom is 0.342 e. The monoisotopic (exact) mass is 283 g/mol. The average Bonchev–Trinajstić information content (AvgIpc) is 2.34. The summed E-state index contributed by atoms with van der Waals surface area (Å²) in [5.74, 6) is -2.29. The van der Waals surface area contributed by atoms with Gasteiger partial charge in [0, 0.05) is 4.90 Å². The van der Waals surface area contributed by atoms with Crippen LogP contribution in [-0.4, -0.2) is 26.3 Å². The van der Waals surface area contributed by atoms with Crippen molar-refractivity contribution in [1.82, 2.24) is 15.2 Å². The smallest absolute Gasteiger partial charge is 0.342 e. The van der Waals surface area contributed by atoms with Gasteiger partial charge in [-0.3, -0.25) is 9.78 Å². The fraction of sp³-hybridized carbons (Fsp3) is 0. The molecule has 0 atom stereocenters. The number of carboxylic acid groups (broad SMARTS) is 1. The zero-order valence-electron chi connectivity index (χ0n) is 9.14. The van der Waals surface area contributed by atoms with Crippen LogP contribution in [0.5, 0.6) is 0 Å². The molecular formula is C10H6FN3O4S. The van der Waals surface area contributed by atoms with Gasteiger partial charge in [-0.15, -0.1) is 0 Å². The number of H-pyrrole nitrogens is 2. The van der Waals surface area contributed by atoms with Crippen molar-refractivity contribution >= 4 is 17.7 Å². The first kappa shape index (κ1) is 13.0. The van der Waals surface area contributed by atoms with Crippen LogP contribution in [0.25, 0.3) is 0 Å². The molecule has 0 fully saturated rings. The Morgan fingerprint density at radius 3 is 2.74 bits per heavy atom. The predicted octanol–water partition coefficient (Wildman–Crippen LogP) is 0.447. The van der Waals surface area contributed by atoms with E-state index in [0.717, 1.165) is 23.9 Å². The molecule has 0 saturated heterocycles. The largest absolute Gasteiger partial charge is 0.478 e. The number of nitrogens with one attached hydrogen (secondary N) is 2. The minimum absolute atomic E-state index is 0.0810. The number of carbonyl (C=O) groups is 1. The molecule has 1 heterocycles. The summed E-state index contributed by atoms with van der Waals surface area (Å²) in [6, 6.07) is 3.36. The number of hydrogen-bond acceptors (Lipinski definition) is 5. The Morgan fingerprint density at radius 1 is 1.37 bits per heavy atom. The average molecular weight is 283 g/mol. The van der Waals surface area contributed by atoms with Gasteiger partial charge < -0.3 is 5.11 Å². The summed E-state index contributed by atoms with van der Waals surface area (Å²) in [7, 11) is 0. The first-order valence-corrected chi connectivity index (χ1v) is 5.68. The molecular weight excluding hydrogens is 277 g/mol. The molecule has 3 N–H and O–H groups in total. The van der Waals surface area contributed by atoms with Crippen molar-refractivity contribution in [3.05, 3.63) is 50.4 Å². The van der Waals surface area contributed by atoms with Crippen LogP contribution in [0.2, 0.25) is 0 Å². The summed E-state index contributed by atoms with van der Waals surface area (Å²) in [5, 5.41) is 14.2. The minimum atomic E-state index is -1.41. The fourth-order valence-electron chi connectivity index (χ4n) is 1.25. The molecule has 0 spiro atoms. The first-order chi connectivity index (χ1) is 8.97. The third-order valence-corrected chi connectivity index (χ3v) is 3.02. The Balaban J connectivity index is 2.39. The van der Waals surface area contributed by atoms with Gasteiger partial charge >= 0.3 is 11.7 Å². The lowest BCUT2D eigenvalue weighted by molar-refractivity contribution is 0.0691. The second-order valence-electron chi connectivity index (χ2n) is 3.36. The number of benzene rings is 1. The summed E-state index contributed by atoms with van der Waals surface area (Å²) in [5.41, 5.74) is -1.97. The highest BCUT2D eigenvalue weighted by atomic mass is 32.2. The van der Waals surface area contributed by atoms with E-state index in [1.165, 1.54) is 6.07 Å². The van der Waals surface area contributed by atoms with E-state index < -0.39 is 28.6 Å². The number of aromatic carboxylic acids is 1. The zero-order chi connectivity index (χ0) is 14.0. The number of carboxylic acids is 1. The highest BCUT2D eigenvalue weighted by molar-refractivity contribution is 7.99. The van der Waals surface area contributed by atoms with Crippen LogP contribution in [0.4, 0.5) is 4.39 Å². The molecule has 7 nitrogen and oxygen atoms in total. The molecule has 0 aliphatic carbocycles. The van der Waals surface area contributed by atoms with E-state index in [0.29, 0.717) is 4.90 Å². The third kappa shape index (κ3) is 2.88. The van der Waals surface area contributed by atoms with Crippen molar-refractivity contribution in [2.24, 2.45) is 0 Å². The number of nitrogens with zero attached hydrogens (tertiary/aromatic N) is 1. The van der Waals surface area contributed by atoms with Gasteiger partial charge in [-0.05, 0) is 18.2 Å². The zero-order valence-corrected chi connectivity index (χ0v) is 9.95. The molecule has 19 heavy (non-hydrogen) atoms. The van der Waals surface area contributed by atoms with Crippen molar-refractivity contribution in [2.45, 2.75) is 9.92 Å². The minimum Gasteiger partial charge on any atom is -0.478 e.